The first kappa shape index (κ1) is 41.1. The van der Waals surface area contributed by atoms with Crippen LogP contribution in [0.1, 0.15) is 212 Å². The summed E-state index contributed by atoms with van der Waals surface area (Å²) in [6, 6.07) is 11.4. The Bertz CT molecular complexity index is 648. The van der Waals surface area contributed by atoms with Crippen LogP contribution in [-0.4, -0.2) is 19.9 Å². The number of rotatable bonds is 35. The Morgan fingerprint density at radius 1 is 0.455 bits per heavy atom. The van der Waals surface area contributed by atoms with Gasteiger partial charge in [-0.15, -0.1) is 0 Å². The Morgan fingerprint density at radius 3 is 1.23 bits per heavy atom. The Kier molecular flexibility index (Phi) is 30.0. The molecule has 0 spiro atoms. The smallest absolute Gasteiger partial charge is 0.0894 e. The normalized spacial score (nSPS) is 11.9. The molecule has 0 heterocycles. The molecule has 0 saturated heterocycles. The highest BCUT2D eigenvalue weighted by Crippen LogP contribution is 2.37. The molecule has 1 rings (SSSR count). The first-order chi connectivity index (χ1) is 21.8. The summed E-state index contributed by atoms with van der Waals surface area (Å²) in [5.41, 5.74) is 1.66. The first-order valence-corrected chi connectivity index (χ1v) is 20.0. The van der Waals surface area contributed by atoms with Crippen LogP contribution >= 0.6 is 0 Å². The van der Waals surface area contributed by atoms with E-state index in [-0.39, 0.29) is 12.1 Å². The quantitative estimate of drug-likeness (QED) is 0.0689. The van der Waals surface area contributed by atoms with Crippen LogP contribution < -0.4 is 0 Å². The fraction of sp³-hybridized carbons (Fsp3) is 0.857. The molecule has 0 aliphatic rings. The number of hydrogen-bond donors (Lipinski definition) is 0. The minimum absolute atomic E-state index is 0.154. The molecule has 258 valence electrons. The fourth-order valence-corrected chi connectivity index (χ4v) is 6.96. The second-order valence-electron chi connectivity index (χ2n) is 14.1. The van der Waals surface area contributed by atoms with Gasteiger partial charge in [-0.25, -0.2) is 0 Å². The van der Waals surface area contributed by atoms with Gasteiger partial charge in [-0.05, 0) is 31.2 Å². The van der Waals surface area contributed by atoms with E-state index in [1.54, 1.807) is 0 Å². The maximum Gasteiger partial charge on any atom is 0.0894 e. The largest absolute Gasteiger partial charge is 0.381 e. The van der Waals surface area contributed by atoms with Crippen LogP contribution in [0, 0.1) is 0 Å². The summed E-state index contributed by atoms with van der Waals surface area (Å²) in [6.45, 7) is 6.18. The fourth-order valence-electron chi connectivity index (χ4n) is 6.96. The molecule has 1 nitrogen and oxygen atoms in total. The molecule has 0 aliphatic heterocycles. The molecule has 0 fully saturated rings. The zero-order valence-corrected chi connectivity index (χ0v) is 30.0. The van der Waals surface area contributed by atoms with E-state index in [1.807, 2.05) is 0 Å². The highest BCUT2D eigenvalue weighted by atomic mass is 19.1. The van der Waals surface area contributed by atoms with Gasteiger partial charge in [-0.2, -0.15) is 0 Å². The molecule has 0 unspecified atom stereocenters. The predicted octanol–water partition coefficient (Wildman–Crippen LogP) is 14.7. The van der Waals surface area contributed by atoms with Crippen LogP contribution in [0.3, 0.4) is 0 Å². The van der Waals surface area contributed by atoms with E-state index in [2.05, 4.69) is 44.2 Å². The Balaban J connectivity index is 2.54. The number of benzene rings is 1. The maximum absolute atomic E-state index is 12.4. The van der Waals surface area contributed by atoms with E-state index in [0.29, 0.717) is 0 Å². The van der Waals surface area contributed by atoms with Gasteiger partial charge >= 0.3 is 0 Å². The summed E-state index contributed by atoms with van der Waals surface area (Å²) in [4.78, 5) is 0. The van der Waals surface area contributed by atoms with Gasteiger partial charge in [0.2, 0.25) is 0 Å². The number of ether oxygens (including phenoxy) is 1. The van der Waals surface area contributed by atoms with Gasteiger partial charge in [0.15, 0.2) is 0 Å². The van der Waals surface area contributed by atoms with Crippen LogP contribution in [0.2, 0.25) is 0 Å². The molecule has 0 radical (unpaired) electrons. The highest BCUT2D eigenvalue weighted by Gasteiger charge is 2.31. The van der Waals surface area contributed by atoms with Crippen LogP contribution in [0.25, 0.3) is 0 Å². The number of halogens is 1. The molecule has 0 bridgehead atoms. The van der Waals surface area contributed by atoms with Crippen molar-refractivity contribution in [2.45, 2.75) is 212 Å². The second kappa shape index (κ2) is 32.1. The Labute approximate surface area is 276 Å². The minimum atomic E-state index is -0.164. The molecular weight excluding hydrogens is 539 g/mol. The molecule has 1 aromatic carbocycles. The zero-order chi connectivity index (χ0) is 31.7. The average Bonchev–Trinajstić information content (AvgIpc) is 3.05. The van der Waals surface area contributed by atoms with Crippen molar-refractivity contribution in [3.8, 4) is 0 Å². The highest BCUT2D eigenvalue weighted by molar-refractivity contribution is 5.25. The van der Waals surface area contributed by atoms with E-state index < -0.39 is 0 Å². The summed E-state index contributed by atoms with van der Waals surface area (Å²) in [5, 5.41) is 0. The van der Waals surface area contributed by atoms with E-state index in [4.69, 9.17) is 4.74 Å². The van der Waals surface area contributed by atoms with E-state index >= 15 is 0 Å². The minimum Gasteiger partial charge on any atom is -0.381 e. The van der Waals surface area contributed by atoms with Gasteiger partial charge in [-0.1, -0.05) is 211 Å². The first-order valence-electron chi connectivity index (χ1n) is 20.0. The lowest BCUT2D eigenvalue weighted by atomic mass is 9.73. The van der Waals surface area contributed by atoms with Crippen LogP contribution in [0.5, 0.6) is 0 Å². The van der Waals surface area contributed by atoms with Crippen molar-refractivity contribution in [2.75, 3.05) is 19.9 Å². The molecule has 0 aliphatic carbocycles. The van der Waals surface area contributed by atoms with Gasteiger partial charge < -0.3 is 4.74 Å². The Morgan fingerprint density at radius 2 is 0.818 bits per heavy atom. The SMILES string of the molecule is CCCCCCCCCCCCCC(CCCCCCCCCCCCC)(COCCCCCCCCF)c1ccccc1. The van der Waals surface area contributed by atoms with Crippen LogP contribution in [0.4, 0.5) is 4.39 Å². The van der Waals surface area contributed by atoms with Crippen molar-refractivity contribution in [3.05, 3.63) is 35.9 Å². The van der Waals surface area contributed by atoms with Crippen molar-refractivity contribution in [1.82, 2.24) is 0 Å². The number of alkyl halides is 1. The summed E-state index contributed by atoms with van der Waals surface area (Å²) < 4.78 is 18.9. The van der Waals surface area contributed by atoms with Gasteiger partial charge in [0.1, 0.15) is 0 Å². The topological polar surface area (TPSA) is 9.23 Å². The summed E-state index contributed by atoms with van der Waals surface area (Å²) >= 11 is 0. The number of unbranched alkanes of at least 4 members (excludes halogenated alkanes) is 25. The molecule has 1 aromatic rings. The summed E-state index contributed by atoms with van der Waals surface area (Å²) in [5.74, 6) is 0. The van der Waals surface area contributed by atoms with Crippen LogP contribution in [-0.2, 0) is 10.2 Å². The summed E-state index contributed by atoms with van der Waals surface area (Å²) in [7, 11) is 0. The standard InChI is InChI=1S/C42H77FO/c1-3-5-7-9-11-13-15-17-19-23-30-36-42(41-34-28-27-29-35-41,40-44-39-33-26-22-21-25-32-38-43)37-31-24-20-18-16-14-12-10-8-6-4-2/h27-29,34-35H,3-26,30-33,36-40H2,1-2H3. The van der Waals surface area contributed by atoms with Crippen molar-refractivity contribution < 1.29 is 9.13 Å². The van der Waals surface area contributed by atoms with Gasteiger partial charge in [0.05, 0.1) is 13.3 Å². The van der Waals surface area contributed by atoms with E-state index in [0.717, 1.165) is 38.9 Å². The predicted molar refractivity (Wildman–Crippen MR) is 195 cm³/mol. The lowest BCUT2D eigenvalue weighted by molar-refractivity contribution is 0.0682. The van der Waals surface area contributed by atoms with Crippen LogP contribution in [0.15, 0.2) is 30.3 Å². The molecule has 0 aromatic heterocycles. The monoisotopic (exact) mass is 617 g/mol. The molecule has 44 heavy (non-hydrogen) atoms. The number of hydrogen-bond acceptors (Lipinski definition) is 1. The van der Waals surface area contributed by atoms with Gasteiger partial charge in [0.25, 0.3) is 0 Å². The molecule has 0 N–H and O–H groups in total. The third-order valence-corrected chi connectivity index (χ3v) is 9.95. The lowest BCUT2D eigenvalue weighted by Gasteiger charge is -2.35. The van der Waals surface area contributed by atoms with E-state index in [9.17, 15) is 4.39 Å². The lowest BCUT2D eigenvalue weighted by Crippen LogP contribution is -2.32. The maximum atomic E-state index is 12.4. The third kappa shape index (κ3) is 23.4. The average molecular weight is 617 g/mol. The van der Waals surface area contributed by atoms with Gasteiger partial charge in [-0.3, -0.25) is 4.39 Å². The third-order valence-electron chi connectivity index (χ3n) is 9.95. The molecule has 0 saturated carbocycles. The van der Waals surface area contributed by atoms with E-state index in [1.165, 1.54) is 173 Å². The zero-order valence-electron chi connectivity index (χ0n) is 30.0. The Hall–Kier alpha value is -0.890. The van der Waals surface area contributed by atoms with Crippen molar-refractivity contribution in [3.63, 3.8) is 0 Å². The second-order valence-corrected chi connectivity index (χ2v) is 14.1. The van der Waals surface area contributed by atoms with Gasteiger partial charge in [0, 0.05) is 12.0 Å². The molecule has 2 heteroatoms. The molecule has 0 amide bonds. The molecular formula is C42H77FO. The van der Waals surface area contributed by atoms with Crippen molar-refractivity contribution in [2.24, 2.45) is 0 Å². The van der Waals surface area contributed by atoms with Crippen molar-refractivity contribution >= 4 is 0 Å². The van der Waals surface area contributed by atoms with Crippen molar-refractivity contribution in [1.29, 1.82) is 0 Å². The summed E-state index contributed by atoms with van der Waals surface area (Å²) in [6.07, 6.45) is 39.8. The molecule has 0 atom stereocenters.